The summed E-state index contributed by atoms with van der Waals surface area (Å²) < 4.78 is 0.967. The number of amides is 1. The first-order valence-corrected chi connectivity index (χ1v) is 10.1. The van der Waals surface area contributed by atoms with Gasteiger partial charge in [0.1, 0.15) is 4.38 Å². The number of nitrogens with zero attached hydrogens (tertiary/aromatic N) is 2. The van der Waals surface area contributed by atoms with Crippen molar-refractivity contribution in [3.8, 4) is 0 Å². The van der Waals surface area contributed by atoms with Crippen LogP contribution in [0.25, 0.3) is 0 Å². The highest BCUT2D eigenvalue weighted by Crippen LogP contribution is 2.37. The summed E-state index contributed by atoms with van der Waals surface area (Å²) in [6.45, 7) is 4.64. The number of hydrogen-bond acceptors (Lipinski definition) is 5. The predicted octanol–water partition coefficient (Wildman–Crippen LogP) is 4.39. The van der Waals surface area contributed by atoms with Crippen LogP contribution >= 0.6 is 23.5 Å². The van der Waals surface area contributed by atoms with Crippen LogP contribution < -0.4 is 5.32 Å². The standard InChI is InChI=1S/C19H21N3OS2/c1-13(2)17(18(23)21-11-14-6-5-9-20-10-14)25-19-22-16-8-4-3-7-15(16)12-24-19/h3-10,13,17H,11-12H2,1-2H3,(H,21,23)/t17-/m1/s1. The first kappa shape index (κ1) is 18.0. The summed E-state index contributed by atoms with van der Waals surface area (Å²) in [5.41, 5.74) is 3.27. The topological polar surface area (TPSA) is 54.4 Å². The molecule has 3 rings (SSSR count). The summed E-state index contributed by atoms with van der Waals surface area (Å²) in [7, 11) is 0. The molecule has 6 heteroatoms. The van der Waals surface area contributed by atoms with Gasteiger partial charge in [0.05, 0.1) is 10.9 Å². The predicted molar refractivity (Wildman–Crippen MR) is 107 cm³/mol. The number of rotatable bonds is 5. The molecule has 1 aromatic carbocycles. The lowest BCUT2D eigenvalue weighted by Gasteiger charge is -2.22. The fourth-order valence-electron chi connectivity index (χ4n) is 2.47. The lowest BCUT2D eigenvalue weighted by molar-refractivity contribution is -0.121. The van der Waals surface area contributed by atoms with Crippen molar-refractivity contribution in [1.29, 1.82) is 0 Å². The van der Waals surface area contributed by atoms with Gasteiger partial charge in [-0.2, -0.15) is 0 Å². The fraction of sp³-hybridized carbons (Fsp3) is 0.316. The van der Waals surface area contributed by atoms with Gasteiger partial charge < -0.3 is 5.32 Å². The van der Waals surface area contributed by atoms with Crippen molar-refractivity contribution in [1.82, 2.24) is 10.3 Å². The van der Waals surface area contributed by atoms with Gasteiger partial charge in [0.15, 0.2) is 0 Å². The molecule has 0 radical (unpaired) electrons. The first-order chi connectivity index (χ1) is 12.1. The lowest BCUT2D eigenvalue weighted by atomic mass is 10.1. The van der Waals surface area contributed by atoms with Gasteiger partial charge in [-0.15, -0.1) is 0 Å². The molecular weight excluding hydrogens is 350 g/mol. The Labute approximate surface area is 156 Å². The van der Waals surface area contributed by atoms with E-state index in [4.69, 9.17) is 4.99 Å². The summed E-state index contributed by atoms with van der Waals surface area (Å²) in [5, 5.41) is 2.87. The number of carbonyl (C=O) groups is 1. The lowest BCUT2D eigenvalue weighted by Crippen LogP contribution is -2.36. The number of para-hydroxylation sites is 1. The van der Waals surface area contributed by atoms with Gasteiger partial charge in [0.25, 0.3) is 0 Å². The van der Waals surface area contributed by atoms with Crippen LogP contribution in [0, 0.1) is 5.92 Å². The van der Waals surface area contributed by atoms with Gasteiger partial charge in [-0.1, -0.05) is 61.6 Å². The van der Waals surface area contributed by atoms with E-state index in [2.05, 4.69) is 30.2 Å². The molecule has 1 aliphatic rings. The normalized spacial score (nSPS) is 14.6. The molecule has 130 valence electrons. The van der Waals surface area contributed by atoms with E-state index in [1.165, 1.54) is 5.56 Å². The minimum atomic E-state index is -0.159. The summed E-state index contributed by atoms with van der Waals surface area (Å²) in [4.78, 5) is 21.5. The number of nitrogens with one attached hydrogen (secondary N) is 1. The average molecular weight is 372 g/mol. The average Bonchev–Trinajstić information content (AvgIpc) is 2.64. The highest BCUT2D eigenvalue weighted by Gasteiger charge is 2.26. The van der Waals surface area contributed by atoms with E-state index >= 15 is 0 Å². The minimum Gasteiger partial charge on any atom is -0.351 e. The Hall–Kier alpha value is -1.79. The first-order valence-electron chi connectivity index (χ1n) is 8.26. The van der Waals surface area contributed by atoms with Crippen LogP contribution in [0.4, 0.5) is 5.69 Å². The van der Waals surface area contributed by atoms with Crippen LogP contribution in [0.5, 0.6) is 0 Å². The van der Waals surface area contributed by atoms with E-state index in [0.717, 1.165) is 21.4 Å². The van der Waals surface area contributed by atoms with Crippen molar-refractivity contribution in [2.75, 3.05) is 0 Å². The van der Waals surface area contributed by atoms with Crippen molar-refractivity contribution < 1.29 is 4.79 Å². The summed E-state index contributed by atoms with van der Waals surface area (Å²) in [5.74, 6) is 1.18. The second kappa shape index (κ2) is 8.54. The Kier molecular flexibility index (Phi) is 6.15. The van der Waals surface area contributed by atoms with Crippen molar-refractivity contribution in [3.63, 3.8) is 0 Å². The van der Waals surface area contributed by atoms with E-state index < -0.39 is 0 Å². The monoisotopic (exact) mass is 371 g/mol. The van der Waals surface area contributed by atoms with Gasteiger partial charge in [0.2, 0.25) is 5.91 Å². The maximum absolute atomic E-state index is 12.7. The van der Waals surface area contributed by atoms with Crippen molar-refractivity contribution >= 4 is 39.5 Å². The second-order valence-corrected chi connectivity index (χ2v) is 8.51. The van der Waals surface area contributed by atoms with Crippen molar-refractivity contribution in [2.24, 2.45) is 10.9 Å². The molecule has 1 amide bonds. The van der Waals surface area contributed by atoms with Crippen LogP contribution in [-0.4, -0.2) is 20.5 Å². The fourth-order valence-corrected chi connectivity index (χ4v) is 4.74. The van der Waals surface area contributed by atoms with E-state index in [1.807, 2.05) is 30.3 Å². The highest BCUT2D eigenvalue weighted by molar-refractivity contribution is 8.39. The smallest absolute Gasteiger partial charge is 0.234 e. The molecular formula is C19H21N3OS2. The van der Waals surface area contributed by atoms with Crippen LogP contribution in [0.3, 0.4) is 0 Å². The second-order valence-electron chi connectivity index (χ2n) is 6.16. The highest BCUT2D eigenvalue weighted by atomic mass is 32.2. The van der Waals surface area contributed by atoms with Gasteiger partial charge >= 0.3 is 0 Å². The third-order valence-corrected chi connectivity index (χ3v) is 6.58. The molecule has 0 spiro atoms. The van der Waals surface area contributed by atoms with Crippen LogP contribution in [0.15, 0.2) is 53.8 Å². The third kappa shape index (κ3) is 4.86. The Balaban J connectivity index is 1.65. The number of aliphatic imine (C=N–C) groups is 1. The Morgan fingerprint density at radius 3 is 2.88 bits per heavy atom. The molecule has 0 bridgehead atoms. The maximum atomic E-state index is 12.7. The molecule has 1 N–H and O–H groups in total. The van der Waals surface area contributed by atoms with E-state index in [9.17, 15) is 4.79 Å². The number of pyridine rings is 1. The molecule has 2 aromatic rings. The van der Waals surface area contributed by atoms with Gasteiger partial charge in [-0.25, -0.2) is 4.99 Å². The molecule has 0 aliphatic carbocycles. The van der Waals surface area contributed by atoms with Gasteiger partial charge in [-0.3, -0.25) is 9.78 Å². The van der Waals surface area contributed by atoms with Crippen molar-refractivity contribution in [2.45, 2.75) is 31.4 Å². The number of hydrogen-bond donors (Lipinski definition) is 1. The molecule has 0 fully saturated rings. The van der Waals surface area contributed by atoms with Crippen LogP contribution in [0.2, 0.25) is 0 Å². The number of carbonyl (C=O) groups excluding carboxylic acids is 1. The summed E-state index contributed by atoms with van der Waals surface area (Å²) >= 11 is 3.27. The number of thioether (sulfide) groups is 2. The van der Waals surface area contributed by atoms with E-state index in [1.54, 1.807) is 35.9 Å². The minimum absolute atomic E-state index is 0.0472. The Morgan fingerprint density at radius 2 is 2.12 bits per heavy atom. The van der Waals surface area contributed by atoms with Gasteiger partial charge in [0, 0.05) is 24.7 Å². The Bertz CT molecular complexity index is 762. The molecule has 1 aliphatic heterocycles. The summed E-state index contributed by atoms with van der Waals surface area (Å²) in [6.07, 6.45) is 3.50. The Morgan fingerprint density at radius 1 is 1.28 bits per heavy atom. The number of benzene rings is 1. The zero-order chi connectivity index (χ0) is 17.6. The molecule has 25 heavy (non-hydrogen) atoms. The van der Waals surface area contributed by atoms with Crippen molar-refractivity contribution in [3.05, 3.63) is 59.9 Å². The zero-order valence-corrected chi connectivity index (χ0v) is 15.9. The van der Waals surface area contributed by atoms with Crippen LogP contribution in [-0.2, 0) is 17.1 Å². The number of fused-ring (bicyclic) bond motifs is 1. The van der Waals surface area contributed by atoms with E-state index in [-0.39, 0.29) is 17.1 Å². The van der Waals surface area contributed by atoms with Gasteiger partial charge in [-0.05, 0) is 29.2 Å². The molecule has 0 saturated heterocycles. The molecule has 0 saturated carbocycles. The number of aromatic nitrogens is 1. The zero-order valence-electron chi connectivity index (χ0n) is 14.3. The third-order valence-electron chi connectivity index (χ3n) is 3.84. The van der Waals surface area contributed by atoms with Crippen LogP contribution in [0.1, 0.15) is 25.0 Å². The molecule has 0 unspecified atom stereocenters. The largest absolute Gasteiger partial charge is 0.351 e. The maximum Gasteiger partial charge on any atom is 0.234 e. The SMILES string of the molecule is CC(C)[C@@H](SC1=Nc2ccccc2CS1)C(=O)NCc1cccnc1. The summed E-state index contributed by atoms with van der Waals surface area (Å²) in [6, 6.07) is 12.0. The molecule has 2 heterocycles. The molecule has 4 nitrogen and oxygen atoms in total. The molecule has 1 atom stereocenters. The van der Waals surface area contributed by atoms with E-state index in [0.29, 0.717) is 6.54 Å². The molecule has 1 aromatic heterocycles. The quantitative estimate of drug-likeness (QED) is 0.847.